The number of allylic oxidation sites excluding steroid dienone is 1. The zero-order chi connectivity index (χ0) is 12.1. The van der Waals surface area contributed by atoms with E-state index in [0.29, 0.717) is 5.56 Å². The lowest BCUT2D eigenvalue weighted by Crippen LogP contribution is -1.93. The Bertz CT molecular complexity index is 510. The van der Waals surface area contributed by atoms with Crippen LogP contribution >= 0.6 is 11.6 Å². The Kier molecular flexibility index (Phi) is 3.88. The summed E-state index contributed by atoms with van der Waals surface area (Å²) in [5, 5.41) is 17.3. The molecule has 0 saturated heterocycles. The summed E-state index contributed by atoms with van der Waals surface area (Å²) in [6.07, 6.45) is 0. The van der Waals surface area contributed by atoms with Crippen molar-refractivity contribution in [3.05, 3.63) is 40.2 Å². The van der Waals surface area contributed by atoms with Gasteiger partial charge < -0.3 is 4.74 Å². The minimum absolute atomic E-state index is 0.0758. The van der Waals surface area contributed by atoms with Gasteiger partial charge in [-0.15, -0.1) is 0 Å². The van der Waals surface area contributed by atoms with Gasteiger partial charge in [-0.1, -0.05) is 11.6 Å². The standard InChI is InChI=1S/C11H6ClFN2O/c1-16-11(8(5-14)6-15)7-2-3-10(13)9(12)4-7/h2-4H,1H3. The Labute approximate surface area is 96.9 Å². The van der Waals surface area contributed by atoms with Crippen LogP contribution in [0.3, 0.4) is 0 Å². The van der Waals surface area contributed by atoms with E-state index in [1.54, 1.807) is 12.1 Å². The van der Waals surface area contributed by atoms with Crippen LogP contribution in [0.15, 0.2) is 23.8 Å². The number of benzene rings is 1. The average molecular weight is 237 g/mol. The van der Waals surface area contributed by atoms with E-state index < -0.39 is 5.82 Å². The topological polar surface area (TPSA) is 56.8 Å². The predicted molar refractivity (Wildman–Crippen MR) is 56.6 cm³/mol. The molecule has 16 heavy (non-hydrogen) atoms. The van der Waals surface area contributed by atoms with E-state index in [0.717, 1.165) is 6.07 Å². The van der Waals surface area contributed by atoms with E-state index in [-0.39, 0.29) is 16.4 Å². The lowest BCUT2D eigenvalue weighted by atomic mass is 10.1. The number of halogens is 2. The van der Waals surface area contributed by atoms with Crippen LogP contribution in [-0.4, -0.2) is 7.11 Å². The fourth-order valence-electron chi connectivity index (χ4n) is 1.13. The first-order valence-electron chi connectivity index (χ1n) is 4.18. The van der Waals surface area contributed by atoms with Gasteiger partial charge in [-0.25, -0.2) is 4.39 Å². The van der Waals surface area contributed by atoms with Gasteiger partial charge in [0.15, 0.2) is 11.3 Å². The summed E-state index contributed by atoms with van der Waals surface area (Å²) < 4.78 is 17.8. The summed E-state index contributed by atoms with van der Waals surface area (Å²) in [5.41, 5.74) is 0.192. The molecule has 3 nitrogen and oxygen atoms in total. The van der Waals surface area contributed by atoms with E-state index in [1.807, 2.05) is 0 Å². The molecule has 1 aromatic rings. The highest BCUT2D eigenvalue weighted by molar-refractivity contribution is 6.30. The van der Waals surface area contributed by atoms with Crippen LogP contribution in [0.2, 0.25) is 5.02 Å². The van der Waals surface area contributed by atoms with Gasteiger partial charge in [-0.2, -0.15) is 10.5 Å². The fourth-order valence-corrected chi connectivity index (χ4v) is 1.31. The third-order valence-electron chi connectivity index (χ3n) is 1.84. The summed E-state index contributed by atoms with van der Waals surface area (Å²) in [7, 11) is 1.32. The molecular formula is C11H6ClFN2O. The smallest absolute Gasteiger partial charge is 0.172 e. The Morgan fingerprint density at radius 2 is 2.00 bits per heavy atom. The van der Waals surface area contributed by atoms with Gasteiger partial charge in [0.25, 0.3) is 0 Å². The summed E-state index contributed by atoms with van der Waals surface area (Å²) in [6, 6.07) is 7.21. The maximum absolute atomic E-state index is 12.9. The normalized spacial score (nSPS) is 8.81. The van der Waals surface area contributed by atoms with E-state index in [2.05, 4.69) is 0 Å². The van der Waals surface area contributed by atoms with Gasteiger partial charge >= 0.3 is 0 Å². The first-order valence-corrected chi connectivity index (χ1v) is 4.55. The minimum Gasteiger partial charge on any atom is -0.494 e. The molecule has 0 aliphatic heterocycles. The predicted octanol–water partition coefficient (Wildman–Crippen LogP) is 2.88. The Balaban J connectivity index is 3.37. The number of methoxy groups -OCH3 is 1. The van der Waals surface area contributed by atoms with Crippen molar-refractivity contribution in [3.8, 4) is 12.1 Å². The zero-order valence-corrected chi connectivity index (χ0v) is 9.05. The molecule has 1 aromatic carbocycles. The van der Waals surface area contributed by atoms with Crippen molar-refractivity contribution in [1.82, 2.24) is 0 Å². The Hall–Kier alpha value is -2.04. The molecule has 0 aliphatic rings. The lowest BCUT2D eigenvalue weighted by Gasteiger charge is -2.06. The van der Waals surface area contributed by atoms with Crippen molar-refractivity contribution in [2.75, 3.05) is 7.11 Å². The maximum atomic E-state index is 12.9. The molecule has 0 heterocycles. The molecule has 0 N–H and O–H groups in total. The summed E-state index contributed by atoms with van der Waals surface area (Å²) in [5.74, 6) is -0.497. The third kappa shape index (κ3) is 2.31. The van der Waals surface area contributed by atoms with Crippen molar-refractivity contribution in [1.29, 1.82) is 10.5 Å². The second-order valence-corrected chi connectivity index (χ2v) is 3.17. The molecule has 0 spiro atoms. The molecule has 80 valence electrons. The summed E-state index contributed by atoms with van der Waals surface area (Å²) >= 11 is 5.59. The molecule has 0 aliphatic carbocycles. The Morgan fingerprint density at radius 1 is 1.38 bits per heavy atom. The molecule has 0 unspecified atom stereocenters. The van der Waals surface area contributed by atoms with Crippen molar-refractivity contribution < 1.29 is 9.13 Å². The van der Waals surface area contributed by atoms with E-state index in [9.17, 15) is 4.39 Å². The number of nitrogens with zero attached hydrogens (tertiary/aromatic N) is 2. The number of hydrogen-bond acceptors (Lipinski definition) is 3. The van der Waals surface area contributed by atoms with Crippen molar-refractivity contribution in [2.24, 2.45) is 0 Å². The molecule has 0 atom stereocenters. The molecule has 0 radical (unpaired) electrons. The average Bonchev–Trinajstić information content (AvgIpc) is 2.29. The summed E-state index contributed by atoms with van der Waals surface area (Å²) in [6.45, 7) is 0. The first kappa shape index (κ1) is 12.0. The number of nitriles is 2. The highest BCUT2D eigenvalue weighted by Gasteiger charge is 2.11. The van der Waals surface area contributed by atoms with Gasteiger partial charge in [0.05, 0.1) is 12.1 Å². The third-order valence-corrected chi connectivity index (χ3v) is 2.13. The molecule has 0 saturated carbocycles. The lowest BCUT2D eigenvalue weighted by molar-refractivity contribution is 0.369. The first-order chi connectivity index (χ1) is 7.63. The number of ether oxygens (including phenoxy) is 1. The van der Waals surface area contributed by atoms with E-state index in [1.165, 1.54) is 19.2 Å². The van der Waals surface area contributed by atoms with Gasteiger partial charge in [0, 0.05) is 5.56 Å². The quantitative estimate of drug-likeness (QED) is 0.586. The van der Waals surface area contributed by atoms with Crippen molar-refractivity contribution in [2.45, 2.75) is 0 Å². The Morgan fingerprint density at radius 3 is 2.44 bits per heavy atom. The molecule has 0 aromatic heterocycles. The highest BCUT2D eigenvalue weighted by Crippen LogP contribution is 2.24. The van der Waals surface area contributed by atoms with Crippen LogP contribution in [0.25, 0.3) is 5.76 Å². The van der Waals surface area contributed by atoms with Crippen molar-refractivity contribution in [3.63, 3.8) is 0 Å². The second-order valence-electron chi connectivity index (χ2n) is 2.76. The maximum Gasteiger partial charge on any atom is 0.172 e. The minimum atomic E-state index is -0.573. The fraction of sp³-hybridized carbons (Fsp3) is 0.0909. The van der Waals surface area contributed by atoms with Gasteiger partial charge in [-0.05, 0) is 18.2 Å². The van der Waals surface area contributed by atoms with Crippen LogP contribution in [0.4, 0.5) is 4.39 Å². The monoisotopic (exact) mass is 236 g/mol. The van der Waals surface area contributed by atoms with Crippen LogP contribution in [-0.2, 0) is 4.74 Å². The summed E-state index contributed by atoms with van der Waals surface area (Å²) in [4.78, 5) is 0. The molecular weight excluding hydrogens is 231 g/mol. The van der Waals surface area contributed by atoms with Crippen LogP contribution in [0.1, 0.15) is 5.56 Å². The SMILES string of the molecule is COC(=C(C#N)C#N)c1ccc(F)c(Cl)c1. The van der Waals surface area contributed by atoms with Gasteiger partial charge in [-0.3, -0.25) is 0 Å². The van der Waals surface area contributed by atoms with E-state index in [4.69, 9.17) is 26.9 Å². The zero-order valence-electron chi connectivity index (χ0n) is 8.29. The van der Waals surface area contributed by atoms with Crippen LogP contribution in [0.5, 0.6) is 0 Å². The van der Waals surface area contributed by atoms with E-state index >= 15 is 0 Å². The van der Waals surface area contributed by atoms with Crippen molar-refractivity contribution >= 4 is 17.4 Å². The van der Waals surface area contributed by atoms with Crippen LogP contribution < -0.4 is 0 Å². The van der Waals surface area contributed by atoms with Gasteiger partial charge in [0.2, 0.25) is 0 Å². The molecule has 5 heteroatoms. The highest BCUT2D eigenvalue weighted by atomic mass is 35.5. The molecule has 0 fully saturated rings. The largest absolute Gasteiger partial charge is 0.494 e. The van der Waals surface area contributed by atoms with Gasteiger partial charge in [0.1, 0.15) is 18.0 Å². The molecule has 0 bridgehead atoms. The number of rotatable bonds is 2. The second kappa shape index (κ2) is 5.16. The molecule has 0 amide bonds. The van der Waals surface area contributed by atoms with Crippen LogP contribution in [0, 0.1) is 28.5 Å². The number of hydrogen-bond donors (Lipinski definition) is 0. The molecule has 1 rings (SSSR count).